The molecule has 0 radical (unpaired) electrons. The number of aryl methyl sites for hydroxylation is 1. The van der Waals surface area contributed by atoms with Gasteiger partial charge in [0.25, 0.3) is 5.56 Å². The van der Waals surface area contributed by atoms with E-state index in [1.165, 1.54) is 4.88 Å². The highest BCUT2D eigenvalue weighted by Gasteiger charge is 2.20. The maximum atomic E-state index is 12.0. The van der Waals surface area contributed by atoms with Crippen molar-refractivity contribution >= 4 is 27.3 Å². The Labute approximate surface area is 123 Å². The van der Waals surface area contributed by atoms with Crippen LogP contribution in [0.1, 0.15) is 22.0 Å². The molecule has 0 aromatic carbocycles. The zero-order valence-corrected chi connectivity index (χ0v) is 13.0. The zero-order valence-electron chi connectivity index (χ0n) is 10.6. The minimum atomic E-state index is 0.0135. The summed E-state index contributed by atoms with van der Waals surface area (Å²) in [4.78, 5) is 22.8. The lowest BCUT2D eigenvalue weighted by molar-refractivity contribution is 0.243. The Hall–Kier alpha value is -0.980. The molecule has 3 heterocycles. The number of nitrogens with zero attached hydrogens (tertiary/aromatic N) is 2. The summed E-state index contributed by atoms with van der Waals surface area (Å²) in [6.45, 7) is 4.37. The third-order valence-corrected chi connectivity index (χ3v) is 4.95. The molecule has 2 aromatic rings. The number of aromatic nitrogens is 2. The molecule has 1 aliphatic rings. The van der Waals surface area contributed by atoms with Gasteiger partial charge in [-0.05, 0) is 28.9 Å². The summed E-state index contributed by atoms with van der Waals surface area (Å²) in [6.07, 6.45) is 0.854. The van der Waals surface area contributed by atoms with Crippen LogP contribution in [0.2, 0.25) is 0 Å². The lowest BCUT2D eigenvalue weighted by atomic mass is 10.1. The van der Waals surface area contributed by atoms with Crippen LogP contribution in [-0.2, 0) is 19.5 Å². The van der Waals surface area contributed by atoms with Crippen LogP contribution in [-0.4, -0.2) is 21.4 Å². The Morgan fingerprint density at radius 3 is 3.16 bits per heavy atom. The highest BCUT2D eigenvalue weighted by atomic mass is 79.9. The van der Waals surface area contributed by atoms with E-state index in [1.54, 1.807) is 11.3 Å². The van der Waals surface area contributed by atoms with Crippen molar-refractivity contribution in [2.45, 2.75) is 26.4 Å². The quantitative estimate of drug-likeness (QED) is 0.914. The van der Waals surface area contributed by atoms with Crippen LogP contribution in [0.4, 0.5) is 0 Å². The van der Waals surface area contributed by atoms with E-state index in [4.69, 9.17) is 0 Å². The van der Waals surface area contributed by atoms with E-state index < -0.39 is 0 Å². The second-order valence-electron chi connectivity index (χ2n) is 4.77. The summed E-state index contributed by atoms with van der Waals surface area (Å²) >= 11 is 5.21. The van der Waals surface area contributed by atoms with E-state index >= 15 is 0 Å². The molecule has 0 aliphatic carbocycles. The molecule has 0 bridgehead atoms. The molecule has 0 atom stereocenters. The number of H-pyrrole nitrogens is 1. The number of aromatic amines is 1. The number of fused-ring (bicyclic) bond motifs is 1. The predicted molar refractivity (Wildman–Crippen MR) is 79.4 cm³/mol. The second-order valence-corrected chi connectivity index (χ2v) is 6.68. The Balaban J connectivity index is 1.80. The lowest BCUT2D eigenvalue weighted by Gasteiger charge is -2.27. The Morgan fingerprint density at radius 2 is 2.42 bits per heavy atom. The average Bonchev–Trinajstić information content (AvgIpc) is 2.75. The third-order valence-electron chi connectivity index (χ3n) is 3.27. The maximum Gasteiger partial charge on any atom is 0.255 e. The molecule has 3 rings (SSSR count). The molecular formula is C13H14BrN3OS. The van der Waals surface area contributed by atoms with Crippen molar-refractivity contribution in [1.82, 2.24) is 14.9 Å². The minimum absolute atomic E-state index is 0.0135. The van der Waals surface area contributed by atoms with Gasteiger partial charge in [-0.2, -0.15) is 0 Å². The lowest BCUT2D eigenvalue weighted by Crippen LogP contribution is -2.35. The number of hydrogen-bond donors (Lipinski definition) is 1. The Morgan fingerprint density at radius 1 is 1.58 bits per heavy atom. The number of thiophene rings is 1. The van der Waals surface area contributed by atoms with Gasteiger partial charge in [0.15, 0.2) is 0 Å². The summed E-state index contributed by atoms with van der Waals surface area (Å²) < 4.78 is 1.13. The highest BCUT2D eigenvalue weighted by molar-refractivity contribution is 9.10. The van der Waals surface area contributed by atoms with Crippen molar-refractivity contribution in [1.29, 1.82) is 0 Å². The fraction of sp³-hybridized carbons (Fsp3) is 0.385. The molecule has 4 nitrogen and oxygen atoms in total. The van der Waals surface area contributed by atoms with Crippen molar-refractivity contribution in [3.8, 4) is 0 Å². The molecule has 0 unspecified atom stereocenters. The van der Waals surface area contributed by atoms with E-state index in [0.29, 0.717) is 12.4 Å². The fourth-order valence-corrected chi connectivity index (χ4v) is 3.89. The van der Waals surface area contributed by atoms with Crippen LogP contribution in [0.25, 0.3) is 0 Å². The highest BCUT2D eigenvalue weighted by Crippen LogP contribution is 2.23. The molecule has 0 fully saturated rings. The molecule has 1 N–H and O–H groups in total. The van der Waals surface area contributed by atoms with Gasteiger partial charge in [0.2, 0.25) is 0 Å². The molecular weight excluding hydrogens is 326 g/mol. The molecule has 0 amide bonds. The van der Waals surface area contributed by atoms with E-state index in [2.05, 4.69) is 42.2 Å². The smallest absolute Gasteiger partial charge is 0.255 e. The van der Waals surface area contributed by atoms with Gasteiger partial charge in [-0.1, -0.05) is 0 Å². The predicted octanol–water partition coefficient (Wildman–Crippen LogP) is 2.46. The number of hydrogen-bond acceptors (Lipinski definition) is 4. The van der Waals surface area contributed by atoms with Crippen molar-refractivity contribution in [2.24, 2.45) is 0 Å². The first-order chi connectivity index (χ1) is 9.11. The van der Waals surface area contributed by atoms with Crippen LogP contribution < -0.4 is 5.56 Å². The van der Waals surface area contributed by atoms with Crippen molar-refractivity contribution < 1.29 is 0 Å². The van der Waals surface area contributed by atoms with Crippen molar-refractivity contribution in [2.75, 3.05) is 6.54 Å². The normalized spacial score (nSPS) is 15.5. The molecule has 0 saturated heterocycles. The van der Waals surface area contributed by atoms with E-state index in [-0.39, 0.29) is 5.56 Å². The molecule has 6 heteroatoms. The maximum absolute atomic E-state index is 12.0. The molecule has 1 aliphatic heterocycles. The van der Waals surface area contributed by atoms with Gasteiger partial charge in [0.1, 0.15) is 5.82 Å². The third kappa shape index (κ3) is 2.80. The zero-order chi connectivity index (χ0) is 13.4. The number of rotatable bonds is 2. The van der Waals surface area contributed by atoms with Gasteiger partial charge in [0.05, 0.1) is 11.3 Å². The Bertz CT molecular complexity index is 664. The summed E-state index contributed by atoms with van der Waals surface area (Å²) in [7, 11) is 0. The molecule has 2 aromatic heterocycles. The van der Waals surface area contributed by atoms with Crippen LogP contribution in [0.3, 0.4) is 0 Å². The van der Waals surface area contributed by atoms with E-state index in [9.17, 15) is 4.79 Å². The van der Waals surface area contributed by atoms with Gasteiger partial charge >= 0.3 is 0 Å². The SMILES string of the molecule is Cc1nc2c(c(=O)[nH]1)CN(Cc1cc(Br)cs1)CC2. The fourth-order valence-electron chi connectivity index (χ4n) is 2.40. The van der Waals surface area contributed by atoms with Crippen LogP contribution in [0.5, 0.6) is 0 Å². The Kier molecular flexibility index (Phi) is 3.56. The van der Waals surface area contributed by atoms with Crippen molar-refractivity contribution in [3.63, 3.8) is 0 Å². The summed E-state index contributed by atoms with van der Waals surface area (Å²) in [5.74, 6) is 0.708. The van der Waals surface area contributed by atoms with Gasteiger partial charge in [-0.25, -0.2) is 4.98 Å². The minimum Gasteiger partial charge on any atom is -0.310 e. The van der Waals surface area contributed by atoms with Gasteiger partial charge in [0, 0.05) is 40.8 Å². The second kappa shape index (κ2) is 5.19. The molecule has 0 saturated carbocycles. The van der Waals surface area contributed by atoms with Gasteiger partial charge in [-0.15, -0.1) is 11.3 Å². The molecule has 19 heavy (non-hydrogen) atoms. The van der Waals surface area contributed by atoms with E-state index in [0.717, 1.165) is 35.2 Å². The van der Waals surface area contributed by atoms with Gasteiger partial charge < -0.3 is 4.98 Å². The largest absolute Gasteiger partial charge is 0.310 e. The number of nitrogens with one attached hydrogen (secondary N) is 1. The first kappa shape index (κ1) is 13.0. The summed E-state index contributed by atoms with van der Waals surface area (Å²) in [6, 6.07) is 2.14. The molecule has 0 spiro atoms. The average molecular weight is 340 g/mol. The topological polar surface area (TPSA) is 49.0 Å². The monoisotopic (exact) mass is 339 g/mol. The summed E-state index contributed by atoms with van der Waals surface area (Å²) in [5, 5.41) is 2.09. The first-order valence-electron chi connectivity index (χ1n) is 6.16. The van der Waals surface area contributed by atoms with Crippen LogP contribution in [0.15, 0.2) is 20.7 Å². The van der Waals surface area contributed by atoms with E-state index in [1.807, 2.05) is 6.92 Å². The summed E-state index contributed by atoms with van der Waals surface area (Å²) in [5.41, 5.74) is 1.80. The van der Waals surface area contributed by atoms with Crippen molar-refractivity contribution in [3.05, 3.63) is 48.2 Å². The van der Waals surface area contributed by atoms with Gasteiger partial charge in [-0.3, -0.25) is 9.69 Å². The standard InChI is InChI=1S/C13H14BrN3OS/c1-8-15-12-2-3-17(6-11(12)13(18)16-8)5-10-4-9(14)7-19-10/h4,7H,2-3,5-6H2,1H3,(H,15,16,18). The van der Waals surface area contributed by atoms with Crippen LogP contribution >= 0.6 is 27.3 Å². The first-order valence-corrected chi connectivity index (χ1v) is 7.83. The van der Waals surface area contributed by atoms with Crippen LogP contribution in [0, 0.1) is 6.92 Å². The number of halogens is 1. The molecule has 100 valence electrons.